The van der Waals surface area contributed by atoms with Crippen molar-refractivity contribution in [1.82, 2.24) is 10.3 Å². The standard InChI is InChI=1S/C15H19N3O4S/c1-15(2,3)22-14(20)16-8-12(19)18-13-17-10-6-5-9(21-4)7-11(10)23-13/h5-7H,8H2,1-4H3,(H,16,20)(H,17,18,19). The summed E-state index contributed by atoms with van der Waals surface area (Å²) < 4.78 is 11.1. The van der Waals surface area contributed by atoms with Crippen LogP contribution in [-0.4, -0.2) is 36.2 Å². The van der Waals surface area contributed by atoms with E-state index in [1.807, 2.05) is 12.1 Å². The fraction of sp³-hybridized carbons (Fsp3) is 0.400. The number of methoxy groups -OCH3 is 1. The Balaban J connectivity index is 1.91. The SMILES string of the molecule is COc1ccc2nc(NC(=O)CNC(=O)OC(C)(C)C)sc2c1. The Kier molecular flexibility index (Phi) is 5.05. The summed E-state index contributed by atoms with van der Waals surface area (Å²) in [6.07, 6.45) is -0.637. The van der Waals surface area contributed by atoms with Gasteiger partial charge in [-0.05, 0) is 39.0 Å². The molecule has 0 bridgehead atoms. The Bertz CT molecular complexity index is 721. The number of nitrogens with one attached hydrogen (secondary N) is 2. The minimum absolute atomic E-state index is 0.186. The minimum Gasteiger partial charge on any atom is -0.497 e. The van der Waals surface area contributed by atoms with Crippen molar-refractivity contribution in [2.75, 3.05) is 19.0 Å². The number of anilines is 1. The van der Waals surface area contributed by atoms with E-state index in [9.17, 15) is 9.59 Å². The monoisotopic (exact) mass is 337 g/mol. The van der Waals surface area contributed by atoms with Gasteiger partial charge in [-0.15, -0.1) is 0 Å². The van der Waals surface area contributed by atoms with Crippen LogP contribution in [-0.2, 0) is 9.53 Å². The van der Waals surface area contributed by atoms with Gasteiger partial charge in [0.15, 0.2) is 5.13 Å². The molecule has 0 aliphatic heterocycles. The van der Waals surface area contributed by atoms with Gasteiger partial charge in [0.1, 0.15) is 17.9 Å². The third-order valence-electron chi connectivity index (χ3n) is 2.63. The van der Waals surface area contributed by atoms with Gasteiger partial charge < -0.3 is 20.1 Å². The van der Waals surface area contributed by atoms with Crippen LogP contribution in [0.25, 0.3) is 10.2 Å². The van der Waals surface area contributed by atoms with E-state index < -0.39 is 11.7 Å². The maximum atomic E-state index is 11.8. The van der Waals surface area contributed by atoms with Crippen molar-refractivity contribution in [3.8, 4) is 5.75 Å². The first-order chi connectivity index (χ1) is 10.8. The van der Waals surface area contributed by atoms with E-state index in [0.717, 1.165) is 16.0 Å². The van der Waals surface area contributed by atoms with Gasteiger partial charge in [0.05, 0.1) is 17.3 Å². The van der Waals surface area contributed by atoms with Crippen molar-refractivity contribution >= 4 is 38.7 Å². The lowest BCUT2D eigenvalue weighted by atomic mass is 10.2. The molecule has 0 atom stereocenters. The average molecular weight is 337 g/mol. The second-order valence-corrected chi connectivity index (χ2v) is 6.79. The highest BCUT2D eigenvalue weighted by Crippen LogP contribution is 2.28. The first kappa shape index (κ1) is 17.0. The summed E-state index contributed by atoms with van der Waals surface area (Å²) in [6, 6.07) is 5.47. The predicted octanol–water partition coefficient (Wildman–Crippen LogP) is 2.77. The number of rotatable bonds is 4. The predicted molar refractivity (Wildman–Crippen MR) is 89.0 cm³/mol. The molecule has 2 rings (SSSR count). The van der Waals surface area contributed by atoms with E-state index in [4.69, 9.17) is 9.47 Å². The fourth-order valence-electron chi connectivity index (χ4n) is 1.72. The summed E-state index contributed by atoms with van der Waals surface area (Å²) in [4.78, 5) is 27.6. The number of amides is 2. The van der Waals surface area contributed by atoms with Crippen LogP contribution in [0.15, 0.2) is 18.2 Å². The lowest BCUT2D eigenvalue weighted by Gasteiger charge is -2.19. The number of alkyl carbamates (subject to hydrolysis) is 1. The van der Waals surface area contributed by atoms with E-state index in [0.29, 0.717) is 5.13 Å². The lowest BCUT2D eigenvalue weighted by Crippen LogP contribution is -2.37. The molecule has 1 heterocycles. The number of hydrogen-bond donors (Lipinski definition) is 2. The molecule has 1 aromatic carbocycles. The van der Waals surface area contributed by atoms with Gasteiger partial charge in [-0.3, -0.25) is 4.79 Å². The number of benzene rings is 1. The lowest BCUT2D eigenvalue weighted by molar-refractivity contribution is -0.115. The smallest absolute Gasteiger partial charge is 0.408 e. The first-order valence-corrected chi connectivity index (χ1v) is 7.80. The number of fused-ring (bicyclic) bond motifs is 1. The number of carbonyl (C=O) groups excluding carboxylic acids is 2. The maximum Gasteiger partial charge on any atom is 0.408 e. The number of thiazole rings is 1. The van der Waals surface area contributed by atoms with E-state index in [-0.39, 0.29) is 12.5 Å². The molecule has 0 radical (unpaired) electrons. The van der Waals surface area contributed by atoms with Crippen LogP contribution in [0.3, 0.4) is 0 Å². The molecule has 0 aliphatic rings. The molecule has 23 heavy (non-hydrogen) atoms. The van der Waals surface area contributed by atoms with Crippen LogP contribution in [0.1, 0.15) is 20.8 Å². The van der Waals surface area contributed by atoms with Crippen molar-refractivity contribution in [2.45, 2.75) is 26.4 Å². The highest BCUT2D eigenvalue weighted by Gasteiger charge is 2.17. The van der Waals surface area contributed by atoms with Gasteiger partial charge in [-0.1, -0.05) is 11.3 Å². The zero-order valence-corrected chi connectivity index (χ0v) is 14.2. The summed E-state index contributed by atoms with van der Waals surface area (Å²) in [7, 11) is 1.59. The number of nitrogens with zero attached hydrogens (tertiary/aromatic N) is 1. The molecular weight excluding hydrogens is 318 g/mol. The largest absolute Gasteiger partial charge is 0.497 e. The Labute approximate surface area is 138 Å². The molecule has 7 nitrogen and oxygen atoms in total. The van der Waals surface area contributed by atoms with Crippen molar-refractivity contribution in [1.29, 1.82) is 0 Å². The fourth-order valence-corrected chi connectivity index (χ4v) is 2.63. The number of ether oxygens (including phenoxy) is 2. The van der Waals surface area contributed by atoms with Crippen molar-refractivity contribution < 1.29 is 19.1 Å². The molecule has 0 spiro atoms. The summed E-state index contributed by atoms with van der Waals surface area (Å²) in [5, 5.41) is 5.50. The van der Waals surface area contributed by atoms with E-state index in [1.54, 1.807) is 33.9 Å². The summed E-state index contributed by atoms with van der Waals surface area (Å²) in [5.74, 6) is 0.354. The number of carbonyl (C=O) groups is 2. The van der Waals surface area contributed by atoms with Crippen molar-refractivity contribution in [3.63, 3.8) is 0 Å². The number of aromatic nitrogens is 1. The van der Waals surface area contributed by atoms with Crippen molar-refractivity contribution in [3.05, 3.63) is 18.2 Å². The Morgan fingerprint density at radius 3 is 2.70 bits per heavy atom. The number of hydrogen-bond acceptors (Lipinski definition) is 6. The normalized spacial score (nSPS) is 11.1. The molecule has 0 fully saturated rings. The zero-order valence-electron chi connectivity index (χ0n) is 13.4. The zero-order chi connectivity index (χ0) is 17.0. The topological polar surface area (TPSA) is 89.5 Å². The van der Waals surface area contributed by atoms with Crippen LogP contribution >= 0.6 is 11.3 Å². The van der Waals surface area contributed by atoms with Crippen LogP contribution in [0, 0.1) is 0 Å². The summed E-state index contributed by atoms with van der Waals surface area (Å²) in [5.41, 5.74) is 0.165. The first-order valence-electron chi connectivity index (χ1n) is 6.98. The summed E-state index contributed by atoms with van der Waals surface area (Å²) >= 11 is 1.33. The molecular formula is C15H19N3O4S. The second-order valence-electron chi connectivity index (χ2n) is 5.76. The molecule has 2 N–H and O–H groups in total. The third-order valence-corrected chi connectivity index (χ3v) is 3.57. The molecule has 8 heteroatoms. The minimum atomic E-state index is -0.637. The van der Waals surface area contributed by atoms with Gasteiger partial charge in [0.25, 0.3) is 0 Å². The molecule has 0 unspecified atom stereocenters. The van der Waals surface area contributed by atoms with E-state index in [2.05, 4.69) is 15.6 Å². The molecule has 0 aliphatic carbocycles. The highest BCUT2D eigenvalue weighted by atomic mass is 32.1. The van der Waals surface area contributed by atoms with Gasteiger partial charge in [0.2, 0.25) is 5.91 Å². The average Bonchev–Trinajstić information content (AvgIpc) is 2.84. The Hall–Kier alpha value is -2.35. The molecule has 0 saturated heterocycles. The highest BCUT2D eigenvalue weighted by molar-refractivity contribution is 7.22. The van der Waals surface area contributed by atoms with Gasteiger partial charge >= 0.3 is 6.09 Å². The van der Waals surface area contributed by atoms with Crippen LogP contribution < -0.4 is 15.4 Å². The van der Waals surface area contributed by atoms with Gasteiger partial charge in [-0.2, -0.15) is 0 Å². The molecule has 124 valence electrons. The Morgan fingerprint density at radius 2 is 2.04 bits per heavy atom. The maximum absolute atomic E-state index is 11.8. The molecule has 2 aromatic rings. The Morgan fingerprint density at radius 1 is 1.30 bits per heavy atom. The molecule has 1 aromatic heterocycles. The van der Waals surface area contributed by atoms with Crippen LogP contribution in [0.2, 0.25) is 0 Å². The van der Waals surface area contributed by atoms with Crippen LogP contribution in [0.5, 0.6) is 5.75 Å². The molecule has 2 amide bonds. The quantitative estimate of drug-likeness (QED) is 0.895. The van der Waals surface area contributed by atoms with E-state index in [1.165, 1.54) is 11.3 Å². The van der Waals surface area contributed by atoms with E-state index >= 15 is 0 Å². The molecule has 0 saturated carbocycles. The second kappa shape index (κ2) is 6.82. The van der Waals surface area contributed by atoms with Gasteiger partial charge in [0, 0.05) is 0 Å². The van der Waals surface area contributed by atoms with Gasteiger partial charge in [-0.25, -0.2) is 9.78 Å². The van der Waals surface area contributed by atoms with Crippen molar-refractivity contribution in [2.24, 2.45) is 0 Å². The van der Waals surface area contributed by atoms with Crippen LogP contribution in [0.4, 0.5) is 9.93 Å². The summed E-state index contributed by atoms with van der Waals surface area (Å²) in [6.45, 7) is 5.07. The third kappa shape index (κ3) is 5.10.